The Bertz CT molecular complexity index is 1100. The number of hydrogen-bond donors (Lipinski definition) is 2. The fraction of sp³-hybridized carbons (Fsp3) is 0.227. The SMILES string of the molecule is CC1=NN(c2ccc(C)c(C)c2)C(=O)/C1=C(/C)NNC(=O)c1ccc(C(F)(F)F)cc1. The first-order valence-corrected chi connectivity index (χ1v) is 9.41. The molecule has 2 aromatic rings. The van der Waals surface area contributed by atoms with Gasteiger partial charge in [0.05, 0.1) is 22.5 Å². The van der Waals surface area contributed by atoms with E-state index in [1.54, 1.807) is 19.9 Å². The molecule has 2 N–H and O–H groups in total. The van der Waals surface area contributed by atoms with Crippen molar-refractivity contribution in [3.63, 3.8) is 0 Å². The van der Waals surface area contributed by atoms with Gasteiger partial charge >= 0.3 is 6.18 Å². The Morgan fingerprint density at radius 3 is 2.19 bits per heavy atom. The number of allylic oxidation sites excluding steroid dienone is 1. The molecule has 0 bridgehead atoms. The summed E-state index contributed by atoms with van der Waals surface area (Å²) < 4.78 is 38.0. The minimum Gasteiger partial charge on any atom is -0.302 e. The van der Waals surface area contributed by atoms with Crippen LogP contribution in [0.5, 0.6) is 0 Å². The maximum atomic E-state index is 12.9. The molecule has 1 aliphatic heterocycles. The highest BCUT2D eigenvalue weighted by molar-refractivity contribution is 6.30. The van der Waals surface area contributed by atoms with Crippen molar-refractivity contribution in [3.8, 4) is 0 Å². The number of hydrazone groups is 1. The summed E-state index contributed by atoms with van der Waals surface area (Å²) in [7, 11) is 0. The Labute approximate surface area is 177 Å². The van der Waals surface area contributed by atoms with Gasteiger partial charge in [-0.25, -0.2) is 0 Å². The average Bonchev–Trinajstić information content (AvgIpc) is 3.01. The smallest absolute Gasteiger partial charge is 0.302 e. The molecule has 0 radical (unpaired) electrons. The Morgan fingerprint density at radius 2 is 1.61 bits per heavy atom. The van der Waals surface area contributed by atoms with Gasteiger partial charge in [-0.3, -0.25) is 15.0 Å². The van der Waals surface area contributed by atoms with Crippen molar-refractivity contribution >= 4 is 23.2 Å². The molecular weight excluding hydrogens is 409 g/mol. The lowest BCUT2D eigenvalue weighted by molar-refractivity contribution is -0.137. The number of hydrogen-bond acceptors (Lipinski definition) is 4. The quantitative estimate of drug-likeness (QED) is 0.563. The summed E-state index contributed by atoms with van der Waals surface area (Å²) in [5.41, 5.74) is 8.11. The Hall–Kier alpha value is -3.62. The van der Waals surface area contributed by atoms with Gasteiger partial charge in [-0.2, -0.15) is 23.3 Å². The third-order valence-corrected chi connectivity index (χ3v) is 4.97. The summed E-state index contributed by atoms with van der Waals surface area (Å²) in [6.45, 7) is 7.19. The molecule has 0 saturated heterocycles. The van der Waals surface area contributed by atoms with Crippen molar-refractivity contribution in [2.75, 3.05) is 5.01 Å². The van der Waals surface area contributed by atoms with Crippen LogP contribution in [0.2, 0.25) is 0 Å². The predicted octanol–water partition coefficient (Wildman–Crippen LogP) is 4.25. The number of carbonyl (C=O) groups is 2. The van der Waals surface area contributed by atoms with Gasteiger partial charge in [0.2, 0.25) is 0 Å². The minimum absolute atomic E-state index is 0.0400. The van der Waals surface area contributed by atoms with E-state index in [1.165, 1.54) is 5.01 Å². The molecule has 162 valence electrons. The van der Waals surface area contributed by atoms with Crippen molar-refractivity contribution < 1.29 is 22.8 Å². The highest BCUT2D eigenvalue weighted by atomic mass is 19.4. The van der Waals surface area contributed by atoms with E-state index in [0.29, 0.717) is 22.7 Å². The number of anilines is 1. The molecule has 0 spiro atoms. The van der Waals surface area contributed by atoms with Gasteiger partial charge in [0.1, 0.15) is 0 Å². The van der Waals surface area contributed by atoms with Crippen molar-refractivity contribution in [1.29, 1.82) is 0 Å². The maximum Gasteiger partial charge on any atom is 0.416 e. The van der Waals surface area contributed by atoms with Crippen LogP contribution in [0.4, 0.5) is 18.9 Å². The van der Waals surface area contributed by atoms with Crippen LogP contribution in [0.15, 0.2) is 58.8 Å². The number of alkyl halides is 3. The van der Waals surface area contributed by atoms with Crippen LogP contribution in [0.1, 0.15) is 40.9 Å². The van der Waals surface area contributed by atoms with Gasteiger partial charge in [-0.1, -0.05) is 6.07 Å². The fourth-order valence-corrected chi connectivity index (χ4v) is 3.07. The lowest BCUT2D eigenvalue weighted by Gasteiger charge is -2.15. The van der Waals surface area contributed by atoms with E-state index in [9.17, 15) is 22.8 Å². The highest BCUT2D eigenvalue weighted by Crippen LogP contribution is 2.29. The number of carbonyl (C=O) groups excluding carboxylic acids is 2. The number of benzene rings is 2. The summed E-state index contributed by atoms with van der Waals surface area (Å²) in [6, 6.07) is 9.39. The summed E-state index contributed by atoms with van der Waals surface area (Å²) in [5, 5.41) is 5.61. The van der Waals surface area contributed by atoms with E-state index in [1.807, 2.05) is 26.0 Å². The first kappa shape index (κ1) is 22.1. The molecule has 2 amide bonds. The normalized spacial score (nSPS) is 15.6. The van der Waals surface area contributed by atoms with Gasteiger partial charge in [0.15, 0.2) is 0 Å². The minimum atomic E-state index is -4.48. The van der Waals surface area contributed by atoms with Crippen molar-refractivity contribution in [1.82, 2.24) is 10.9 Å². The second-order valence-electron chi connectivity index (χ2n) is 7.23. The van der Waals surface area contributed by atoms with E-state index in [2.05, 4.69) is 16.0 Å². The second kappa shape index (κ2) is 8.25. The largest absolute Gasteiger partial charge is 0.416 e. The first-order valence-electron chi connectivity index (χ1n) is 9.41. The zero-order chi connectivity index (χ0) is 22.9. The first-order chi connectivity index (χ1) is 14.5. The average molecular weight is 430 g/mol. The molecule has 3 rings (SSSR count). The molecule has 0 aliphatic carbocycles. The van der Waals surface area contributed by atoms with Crippen LogP contribution in [0, 0.1) is 13.8 Å². The van der Waals surface area contributed by atoms with Crippen molar-refractivity contribution in [3.05, 3.63) is 76.0 Å². The van der Waals surface area contributed by atoms with Gasteiger partial charge in [-0.05, 0) is 75.2 Å². The topological polar surface area (TPSA) is 73.8 Å². The van der Waals surface area contributed by atoms with Gasteiger partial charge in [-0.15, -0.1) is 0 Å². The van der Waals surface area contributed by atoms with Crippen LogP contribution in [-0.4, -0.2) is 17.5 Å². The molecule has 9 heteroatoms. The Balaban J connectivity index is 1.73. The molecule has 0 fully saturated rings. The molecule has 0 aromatic heterocycles. The third kappa shape index (κ3) is 4.60. The van der Waals surface area contributed by atoms with Crippen LogP contribution in [0.25, 0.3) is 0 Å². The molecular formula is C22H21F3N4O2. The van der Waals surface area contributed by atoms with Gasteiger partial charge in [0.25, 0.3) is 11.8 Å². The maximum absolute atomic E-state index is 12.9. The summed E-state index contributed by atoms with van der Waals surface area (Å²) in [4.78, 5) is 25.1. The standard InChI is InChI=1S/C22H21F3N4O2/c1-12-5-10-18(11-13(12)2)29-21(31)19(15(4)28-29)14(3)26-27-20(30)16-6-8-17(9-7-16)22(23,24)25/h5-11,26H,1-4H3,(H,27,30)/b19-14-. The summed E-state index contributed by atoms with van der Waals surface area (Å²) in [5.74, 6) is -0.991. The lowest BCUT2D eigenvalue weighted by Crippen LogP contribution is -2.37. The van der Waals surface area contributed by atoms with Crippen LogP contribution >= 0.6 is 0 Å². The predicted molar refractivity (Wildman–Crippen MR) is 111 cm³/mol. The molecule has 6 nitrogen and oxygen atoms in total. The molecule has 31 heavy (non-hydrogen) atoms. The molecule has 0 unspecified atom stereocenters. The number of rotatable bonds is 4. The van der Waals surface area contributed by atoms with E-state index in [0.717, 1.165) is 35.4 Å². The third-order valence-electron chi connectivity index (χ3n) is 4.97. The number of aryl methyl sites for hydroxylation is 2. The molecule has 2 aromatic carbocycles. The molecule has 0 saturated carbocycles. The summed E-state index contributed by atoms with van der Waals surface area (Å²) >= 11 is 0. The number of hydrazine groups is 1. The van der Waals surface area contributed by atoms with E-state index in [-0.39, 0.29) is 11.5 Å². The molecule has 1 heterocycles. The van der Waals surface area contributed by atoms with Crippen molar-refractivity contribution in [2.24, 2.45) is 5.10 Å². The monoisotopic (exact) mass is 430 g/mol. The number of halogens is 3. The van der Waals surface area contributed by atoms with Crippen LogP contribution in [-0.2, 0) is 11.0 Å². The van der Waals surface area contributed by atoms with Crippen molar-refractivity contribution in [2.45, 2.75) is 33.9 Å². The second-order valence-corrected chi connectivity index (χ2v) is 7.23. The number of amides is 2. The molecule has 0 atom stereocenters. The van der Waals surface area contributed by atoms with Crippen LogP contribution in [0.3, 0.4) is 0 Å². The molecule has 1 aliphatic rings. The zero-order valence-electron chi connectivity index (χ0n) is 17.4. The Morgan fingerprint density at radius 1 is 0.968 bits per heavy atom. The van der Waals surface area contributed by atoms with E-state index in [4.69, 9.17) is 0 Å². The highest BCUT2D eigenvalue weighted by Gasteiger charge is 2.31. The van der Waals surface area contributed by atoms with E-state index < -0.39 is 17.6 Å². The van der Waals surface area contributed by atoms with E-state index >= 15 is 0 Å². The zero-order valence-corrected chi connectivity index (χ0v) is 17.4. The van der Waals surface area contributed by atoms with Gasteiger partial charge in [0, 0.05) is 11.3 Å². The lowest BCUT2D eigenvalue weighted by atomic mass is 10.1. The van der Waals surface area contributed by atoms with Gasteiger partial charge < -0.3 is 5.43 Å². The Kier molecular flexibility index (Phi) is 5.88. The fourth-order valence-electron chi connectivity index (χ4n) is 3.07. The summed E-state index contributed by atoms with van der Waals surface area (Å²) in [6.07, 6.45) is -4.48. The number of nitrogens with one attached hydrogen (secondary N) is 2. The van der Waals surface area contributed by atoms with Crippen LogP contribution < -0.4 is 15.9 Å². The number of nitrogens with zero attached hydrogens (tertiary/aromatic N) is 2.